The number of ether oxygens (including phenoxy) is 1. The van der Waals surface area contributed by atoms with Gasteiger partial charge in [-0.05, 0) is 40.0 Å². The van der Waals surface area contributed by atoms with Gasteiger partial charge in [0.2, 0.25) is 5.91 Å². The molecule has 0 aromatic carbocycles. The number of hydrogen-bond acceptors (Lipinski definition) is 3. The predicted octanol–water partition coefficient (Wildman–Crippen LogP) is 1.19. The quantitative estimate of drug-likeness (QED) is 0.743. The summed E-state index contributed by atoms with van der Waals surface area (Å²) in [6, 6.07) is 0. The summed E-state index contributed by atoms with van der Waals surface area (Å²) in [5.41, 5.74) is 5.44. The first kappa shape index (κ1) is 13.5. The minimum atomic E-state index is -0.339. The first-order chi connectivity index (χ1) is 7.37. The molecule has 1 rings (SSSR count). The second-order valence-electron chi connectivity index (χ2n) is 5.45. The maximum absolute atomic E-state index is 11.5. The number of carbonyl (C=O) groups is 1. The molecule has 94 valence electrons. The van der Waals surface area contributed by atoms with Crippen molar-refractivity contribution in [3.8, 4) is 0 Å². The number of rotatable bonds is 5. The molecule has 1 amide bonds. The van der Waals surface area contributed by atoms with Gasteiger partial charge in [0.15, 0.2) is 0 Å². The topological polar surface area (TPSA) is 64.4 Å². The van der Waals surface area contributed by atoms with E-state index in [9.17, 15) is 4.79 Å². The molecule has 1 saturated heterocycles. The van der Waals surface area contributed by atoms with E-state index < -0.39 is 0 Å². The molecule has 0 spiro atoms. The summed E-state index contributed by atoms with van der Waals surface area (Å²) in [5.74, 6) is 0.0710. The first-order valence-electron chi connectivity index (χ1n) is 6.08. The van der Waals surface area contributed by atoms with E-state index in [1.54, 1.807) is 0 Å². The van der Waals surface area contributed by atoms with Gasteiger partial charge in [-0.2, -0.15) is 0 Å². The van der Waals surface area contributed by atoms with E-state index >= 15 is 0 Å². The minimum absolute atomic E-state index is 0.0710. The number of amides is 1. The van der Waals surface area contributed by atoms with Crippen LogP contribution < -0.4 is 11.1 Å². The van der Waals surface area contributed by atoms with E-state index in [4.69, 9.17) is 10.5 Å². The standard InChI is InChI=1S/C12H24N2O2/c1-9-4-5-10(16-9)6-7-11(15)14-8-12(2,3)13/h9-10H,4-8,13H2,1-3H3,(H,14,15). The molecular weight excluding hydrogens is 204 g/mol. The molecule has 16 heavy (non-hydrogen) atoms. The first-order valence-corrected chi connectivity index (χ1v) is 6.08. The predicted molar refractivity (Wildman–Crippen MR) is 64.1 cm³/mol. The van der Waals surface area contributed by atoms with Crippen molar-refractivity contribution in [2.24, 2.45) is 5.73 Å². The maximum atomic E-state index is 11.5. The molecule has 0 aliphatic carbocycles. The fraction of sp³-hybridized carbons (Fsp3) is 0.917. The largest absolute Gasteiger partial charge is 0.375 e. The lowest BCUT2D eigenvalue weighted by Gasteiger charge is -2.19. The lowest BCUT2D eigenvalue weighted by atomic mass is 10.1. The van der Waals surface area contributed by atoms with E-state index in [0.29, 0.717) is 19.1 Å². The summed E-state index contributed by atoms with van der Waals surface area (Å²) in [7, 11) is 0. The Balaban J connectivity index is 2.11. The van der Waals surface area contributed by atoms with Gasteiger partial charge in [-0.1, -0.05) is 0 Å². The molecule has 0 saturated carbocycles. The average Bonchev–Trinajstić information content (AvgIpc) is 2.57. The van der Waals surface area contributed by atoms with Crippen LogP contribution in [-0.2, 0) is 9.53 Å². The Hall–Kier alpha value is -0.610. The summed E-state index contributed by atoms with van der Waals surface area (Å²) in [6.07, 6.45) is 4.18. The van der Waals surface area contributed by atoms with Crippen molar-refractivity contribution in [2.75, 3.05) is 6.54 Å². The van der Waals surface area contributed by atoms with Crippen LogP contribution >= 0.6 is 0 Å². The fourth-order valence-electron chi connectivity index (χ4n) is 1.80. The molecule has 4 heteroatoms. The number of nitrogens with one attached hydrogen (secondary N) is 1. The molecule has 1 aliphatic heterocycles. The second kappa shape index (κ2) is 5.64. The third-order valence-electron chi connectivity index (χ3n) is 2.75. The molecule has 0 radical (unpaired) electrons. The van der Waals surface area contributed by atoms with Crippen molar-refractivity contribution in [2.45, 2.75) is 64.2 Å². The highest BCUT2D eigenvalue weighted by molar-refractivity contribution is 5.75. The highest BCUT2D eigenvalue weighted by Crippen LogP contribution is 2.22. The average molecular weight is 228 g/mol. The Labute approximate surface area is 97.9 Å². The van der Waals surface area contributed by atoms with E-state index in [0.717, 1.165) is 19.3 Å². The van der Waals surface area contributed by atoms with Gasteiger partial charge in [0.05, 0.1) is 12.2 Å². The van der Waals surface area contributed by atoms with Crippen LogP contribution in [0.2, 0.25) is 0 Å². The molecule has 0 bridgehead atoms. The summed E-state index contributed by atoms with van der Waals surface area (Å²) < 4.78 is 5.65. The Kier molecular flexibility index (Phi) is 4.74. The second-order valence-corrected chi connectivity index (χ2v) is 5.45. The smallest absolute Gasteiger partial charge is 0.220 e. The van der Waals surface area contributed by atoms with Crippen LogP contribution in [0.15, 0.2) is 0 Å². The molecule has 2 unspecified atom stereocenters. The number of nitrogens with two attached hydrogens (primary N) is 1. The third kappa shape index (κ3) is 5.47. The lowest BCUT2D eigenvalue weighted by molar-refractivity contribution is -0.122. The van der Waals surface area contributed by atoms with Crippen LogP contribution in [0.5, 0.6) is 0 Å². The molecule has 0 aromatic heterocycles. The normalized spacial score (nSPS) is 25.8. The van der Waals surface area contributed by atoms with E-state index in [2.05, 4.69) is 12.2 Å². The Morgan fingerprint density at radius 1 is 1.50 bits per heavy atom. The summed E-state index contributed by atoms with van der Waals surface area (Å²) in [4.78, 5) is 11.5. The van der Waals surface area contributed by atoms with Crippen molar-refractivity contribution in [3.05, 3.63) is 0 Å². The van der Waals surface area contributed by atoms with E-state index in [-0.39, 0.29) is 17.6 Å². The Bertz CT molecular complexity index is 236. The molecule has 0 aromatic rings. The maximum Gasteiger partial charge on any atom is 0.220 e. The van der Waals surface area contributed by atoms with Crippen LogP contribution in [0, 0.1) is 0 Å². The zero-order valence-corrected chi connectivity index (χ0v) is 10.6. The van der Waals surface area contributed by atoms with Crippen LogP contribution in [0.25, 0.3) is 0 Å². The van der Waals surface area contributed by atoms with Gasteiger partial charge in [0.1, 0.15) is 0 Å². The number of hydrogen-bond donors (Lipinski definition) is 2. The SMILES string of the molecule is CC1CCC(CCC(=O)NCC(C)(C)N)O1. The van der Waals surface area contributed by atoms with Crippen molar-refractivity contribution in [1.82, 2.24) is 5.32 Å². The summed E-state index contributed by atoms with van der Waals surface area (Å²) >= 11 is 0. The van der Waals surface area contributed by atoms with E-state index in [1.807, 2.05) is 13.8 Å². The highest BCUT2D eigenvalue weighted by atomic mass is 16.5. The Morgan fingerprint density at radius 2 is 2.19 bits per heavy atom. The number of carbonyl (C=O) groups excluding carboxylic acids is 1. The van der Waals surface area contributed by atoms with Gasteiger partial charge in [-0.3, -0.25) is 4.79 Å². The van der Waals surface area contributed by atoms with Gasteiger partial charge in [0.25, 0.3) is 0 Å². The molecule has 2 atom stereocenters. The monoisotopic (exact) mass is 228 g/mol. The van der Waals surface area contributed by atoms with Crippen LogP contribution in [0.3, 0.4) is 0 Å². The summed E-state index contributed by atoms with van der Waals surface area (Å²) in [6.45, 7) is 6.40. The zero-order valence-electron chi connectivity index (χ0n) is 10.6. The van der Waals surface area contributed by atoms with Crippen LogP contribution in [0.4, 0.5) is 0 Å². The molecule has 1 fully saturated rings. The van der Waals surface area contributed by atoms with Crippen LogP contribution in [-0.4, -0.2) is 30.2 Å². The van der Waals surface area contributed by atoms with Gasteiger partial charge < -0.3 is 15.8 Å². The molecular formula is C12H24N2O2. The lowest BCUT2D eigenvalue weighted by Crippen LogP contribution is -2.45. The Morgan fingerprint density at radius 3 is 2.69 bits per heavy atom. The van der Waals surface area contributed by atoms with Gasteiger partial charge in [0, 0.05) is 18.5 Å². The molecule has 1 aliphatic rings. The third-order valence-corrected chi connectivity index (χ3v) is 2.75. The molecule has 3 N–H and O–H groups in total. The zero-order chi connectivity index (χ0) is 12.2. The van der Waals surface area contributed by atoms with Crippen molar-refractivity contribution >= 4 is 5.91 Å². The molecule has 1 heterocycles. The minimum Gasteiger partial charge on any atom is -0.375 e. The van der Waals surface area contributed by atoms with Gasteiger partial charge in [-0.25, -0.2) is 0 Å². The van der Waals surface area contributed by atoms with Crippen LogP contribution in [0.1, 0.15) is 46.5 Å². The van der Waals surface area contributed by atoms with Gasteiger partial charge in [-0.15, -0.1) is 0 Å². The van der Waals surface area contributed by atoms with Crippen molar-refractivity contribution < 1.29 is 9.53 Å². The fourth-order valence-corrected chi connectivity index (χ4v) is 1.80. The summed E-state index contributed by atoms with van der Waals surface area (Å²) in [5, 5.41) is 2.84. The van der Waals surface area contributed by atoms with Crippen molar-refractivity contribution in [3.63, 3.8) is 0 Å². The molecule has 4 nitrogen and oxygen atoms in total. The van der Waals surface area contributed by atoms with Gasteiger partial charge >= 0.3 is 0 Å². The van der Waals surface area contributed by atoms with E-state index in [1.165, 1.54) is 0 Å². The van der Waals surface area contributed by atoms with Crippen molar-refractivity contribution in [1.29, 1.82) is 0 Å². The highest BCUT2D eigenvalue weighted by Gasteiger charge is 2.22.